The Morgan fingerprint density at radius 1 is 1.53 bits per heavy atom. The minimum absolute atomic E-state index is 0.0214. The third-order valence-corrected chi connectivity index (χ3v) is 4.29. The van der Waals surface area contributed by atoms with Crippen LogP contribution in [-0.2, 0) is 16.0 Å². The number of nitrogens with zero attached hydrogens (tertiary/aromatic N) is 1. The summed E-state index contributed by atoms with van der Waals surface area (Å²) < 4.78 is 5.74. The Balaban J connectivity index is 2.04. The molecule has 1 aliphatic rings. The third-order valence-electron chi connectivity index (χ3n) is 3.24. The van der Waals surface area contributed by atoms with Crippen molar-refractivity contribution in [2.75, 3.05) is 19.7 Å². The summed E-state index contributed by atoms with van der Waals surface area (Å²) in [5.41, 5.74) is 1.36. The number of hydrogen-bond donors (Lipinski definition) is 0. The molecule has 17 heavy (non-hydrogen) atoms. The highest BCUT2D eigenvalue weighted by Crippen LogP contribution is 2.34. The summed E-state index contributed by atoms with van der Waals surface area (Å²) >= 11 is 1.71. The van der Waals surface area contributed by atoms with Gasteiger partial charge in [-0.15, -0.1) is 11.3 Å². The number of thiophene rings is 1. The van der Waals surface area contributed by atoms with Gasteiger partial charge >= 0.3 is 0 Å². The zero-order chi connectivity index (χ0) is 12.3. The topological polar surface area (TPSA) is 29.5 Å². The molecule has 0 saturated carbocycles. The van der Waals surface area contributed by atoms with Crippen LogP contribution in [0.3, 0.4) is 0 Å². The largest absolute Gasteiger partial charge is 0.372 e. The smallest absolute Gasteiger partial charge is 0.225 e. The van der Waals surface area contributed by atoms with E-state index in [2.05, 4.69) is 11.4 Å². The summed E-state index contributed by atoms with van der Waals surface area (Å²) in [7, 11) is 0. The first-order chi connectivity index (χ1) is 8.26. The van der Waals surface area contributed by atoms with Gasteiger partial charge < -0.3 is 9.64 Å². The normalized spacial score (nSPS) is 18.8. The summed E-state index contributed by atoms with van der Waals surface area (Å²) in [5.74, 6) is 0.196. The van der Waals surface area contributed by atoms with Crippen LogP contribution in [0.4, 0.5) is 0 Å². The lowest BCUT2D eigenvalue weighted by molar-refractivity contribution is -0.134. The zero-order valence-electron chi connectivity index (χ0n) is 10.4. The van der Waals surface area contributed by atoms with E-state index >= 15 is 0 Å². The number of carbonyl (C=O) groups is 1. The highest BCUT2D eigenvalue weighted by atomic mass is 32.1. The van der Waals surface area contributed by atoms with E-state index in [1.165, 1.54) is 10.4 Å². The van der Waals surface area contributed by atoms with E-state index in [9.17, 15) is 4.79 Å². The Kier molecular flexibility index (Phi) is 4.18. The maximum Gasteiger partial charge on any atom is 0.225 e. The van der Waals surface area contributed by atoms with Gasteiger partial charge in [0.15, 0.2) is 0 Å². The molecule has 0 aliphatic carbocycles. The number of amides is 1. The second-order valence-corrected chi connectivity index (χ2v) is 5.14. The fraction of sp³-hybridized carbons (Fsp3) is 0.615. The molecular formula is C13H19NO2S. The number of hydrogen-bond acceptors (Lipinski definition) is 3. The third kappa shape index (κ3) is 2.69. The first kappa shape index (κ1) is 12.6. The fourth-order valence-corrected chi connectivity index (χ4v) is 3.24. The molecule has 0 spiro atoms. The standard InChI is InChI=1S/C13H19NO2S/c1-3-14(4-2)12(15)9-11-13-10(5-7-16-11)6-8-17-13/h6,8,11H,3-5,7,9H2,1-2H3/t11-/m0/s1. The lowest BCUT2D eigenvalue weighted by Gasteiger charge is -2.26. The highest BCUT2D eigenvalue weighted by Gasteiger charge is 2.25. The molecule has 0 N–H and O–H groups in total. The van der Waals surface area contributed by atoms with Gasteiger partial charge in [-0.3, -0.25) is 4.79 Å². The highest BCUT2D eigenvalue weighted by molar-refractivity contribution is 7.10. The van der Waals surface area contributed by atoms with Crippen LogP contribution in [0.25, 0.3) is 0 Å². The molecule has 0 radical (unpaired) electrons. The maximum atomic E-state index is 12.1. The minimum atomic E-state index is -0.0214. The average Bonchev–Trinajstić information content (AvgIpc) is 2.80. The first-order valence-electron chi connectivity index (χ1n) is 6.21. The number of fused-ring (bicyclic) bond motifs is 1. The molecule has 0 unspecified atom stereocenters. The molecule has 94 valence electrons. The number of rotatable bonds is 4. The van der Waals surface area contributed by atoms with Gasteiger partial charge in [0.05, 0.1) is 13.0 Å². The van der Waals surface area contributed by atoms with E-state index in [0.717, 1.165) is 26.1 Å². The van der Waals surface area contributed by atoms with Gasteiger partial charge in [-0.1, -0.05) is 0 Å². The van der Waals surface area contributed by atoms with Crippen LogP contribution in [0.1, 0.15) is 36.8 Å². The summed E-state index contributed by atoms with van der Waals surface area (Å²) in [6.07, 6.45) is 1.44. The van der Waals surface area contributed by atoms with Gasteiger partial charge in [-0.2, -0.15) is 0 Å². The molecule has 1 aromatic rings. The SMILES string of the molecule is CCN(CC)C(=O)C[C@@H]1OCCc2ccsc21. The summed E-state index contributed by atoms with van der Waals surface area (Å²) in [5, 5.41) is 2.09. The second-order valence-electron chi connectivity index (χ2n) is 4.19. The number of ether oxygens (including phenoxy) is 1. The summed E-state index contributed by atoms with van der Waals surface area (Å²) in [6, 6.07) is 2.15. The van der Waals surface area contributed by atoms with E-state index in [-0.39, 0.29) is 12.0 Å². The molecule has 1 atom stereocenters. The van der Waals surface area contributed by atoms with Gasteiger partial charge in [-0.25, -0.2) is 0 Å². The van der Waals surface area contributed by atoms with Crippen molar-refractivity contribution in [2.24, 2.45) is 0 Å². The Morgan fingerprint density at radius 3 is 3.00 bits per heavy atom. The maximum absolute atomic E-state index is 12.1. The monoisotopic (exact) mass is 253 g/mol. The molecule has 1 aliphatic heterocycles. The summed E-state index contributed by atoms with van der Waals surface area (Å²) in [6.45, 7) is 6.32. The fourth-order valence-electron chi connectivity index (χ4n) is 2.24. The quantitative estimate of drug-likeness (QED) is 0.825. The van der Waals surface area contributed by atoms with Gasteiger partial charge in [-0.05, 0) is 37.3 Å². The van der Waals surface area contributed by atoms with Gasteiger partial charge in [0.25, 0.3) is 0 Å². The molecule has 0 aromatic carbocycles. The van der Waals surface area contributed by atoms with E-state index in [1.807, 2.05) is 18.7 Å². The Labute approximate surface area is 106 Å². The minimum Gasteiger partial charge on any atom is -0.372 e. The van der Waals surface area contributed by atoms with Crippen molar-refractivity contribution in [3.05, 3.63) is 21.9 Å². The molecule has 2 rings (SSSR count). The lowest BCUT2D eigenvalue weighted by Crippen LogP contribution is -2.32. The zero-order valence-corrected chi connectivity index (χ0v) is 11.3. The Bertz CT molecular complexity index is 385. The van der Waals surface area contributed by atoms with Crippen LogP contribution >= 0.6 is 11.3 Å². The Hall–Kier alpha value is -0.870. The van der Waals surface area contributed by atoms with E-state index in [0.29, 0.717) is 6.42 Å². The molecule has 2 heterocycles. The van der Waals surface area contributed by atoms with Crippen LogP contribution < -0.4 is 0 Å². The van der Waals surface area contributed by atoms with Crippen LogP contribution in [-0.4, -0.2) is 30.5 Å². The van der Waals surface area contributed by atoms with Crippen LogP contribution in [0.15, 0.2) is 11.4 Å². The van der Waals surface area contributed by atoms with E-state index < -0.39 is 0 Å². The average molecular weight is 253 g/mol. The van der Waals surface area contributed by atoms with Crippen LogP contribution in [0, 0.1) is 0 Å². The molecule has 0 bridgehead atoms. The Morgan fingerprint density at radius 2 is 2.29 bits per heavy atom. The predicted molar refractivity (Wildman–Crippen MR) is 69.3 cm³/mol. The summed E-state index contributed by atoms with van der Waals surface area (Å²) in [4.78, 5) is 15.2. The van der Waals surface area contributed by atoms with Crippen LogP contribution in [0.5, 0.6) is 0 Å². The second kappa shape index (κ2) is 5.65. The van der Waals surface area contributed by atoms with Crippen molar-refractivity contribution in [2.45, 2.75) is 32.8 Å². The van der Waals surface area contributed by atoms with Crippen molar-refractivity contribution in [1.82, 2.24) is 4.90 Å². The van der Waals surface area contributed by atoms with E-state index in [4.69, 9.17) is 4.74 Å². The van der Waals surface area contributed by atoms with Crippen molar-refractivity contribution in [3.8, 4) is 0 Å². The van der Waals surface area contributed by atoms with Crippen LogP contribution in [0.2, 0.25) is 0 Å². The molecule has 4 heteroatoms. The van der Waals surface area contributed by atoms with Gasteiger partial charge in [0.1, 0.15) is 6.10 Å². The van der Waals surface area contributed by atoms with Crippen molar-refractivity contribution >= 4 is 17.2 Å². The van der Waals surface area contributed by atoms with Crippen molar-refractivity contribution < 1.29 is 9.53 Å². The van der Waals surface area contributed by atoms with Crippen molar-refractivity contribution in [3.63, 3.8) is 0 Å². The predicted octanol–water partition coefficient (Wildman–Crippen LogP) is 2.62. The van der Waals surface area contributed by atoms with Gasteiger partial charge in [0, 0.05) is 18.0 Å². The molecule has 0 saturated heterocycles. The number of carbonyl (C=O) groups excluding carboxylic acids is 1. The van der Waals surface area contributed by atoms with E-state index in [1.54, 1.807) is 11.3 Å². The van der Waals surface area contributed by atoms with Crippen molar-refractivity contribution in [1.29, 1.82) is 0 Å². The first-order valence-corrected chi connectivity index (χ1v) is 7.09. The molecule has 0 fully saturated rings. The molecular weight excluding hydrogens is 234 g/mol. The lowest BCUT2D eigenvalue weighted by atomic mass is 10.1. The van der Waals surface area contributed by atoms with Gasteiger partial charge in [0.2, 0.25) is 5.91 Å². The molecule has 1 amide bonds. The molecule has 3 nitrogen and oxygen atoms in total. The molecule has 1 aromatic heterocycles.